The lowest BCUT2D eigenvalue weighted by Crippen LogP contribution is -2.18. The van der Waals surface area contributed by atoms with Crippen molar-refractivity contribution in [1.82, 2.24) is 4.57 Å². The normalized spacial score (nSPS) is 14.8. The molecule has 0 radical (unpaired) electrons. The number of allylic oxidation sites excluding steroid dienone is 5. The number of thiophene rings is 1. The van der Waals surface area contributed by atoms with Gasteiger partial charge < -0.3 is 9.47 Å². The van der Waals surface area contributed by atoms with E-state index in [1.165, 1.54) is 92.7 Å². The molecule has 1 unspecified atom stereocenters. The zero-order valence-corrected chi connectivity index (χ0v) is 33.0. The molecule has 0 fully saturated rings. The van der Waals surface area contributed by atoms with Crippen molar-refractivity contribution < 1.29 is 0 Å². The standard InChI is InChI=1S/C53H44N2S/c1-5-15-38(21-14-18-37-26-28-43-42-22-9-11-24-47(42)55(48(43)32-37)39-19-7-6-8-20-39)54(53-34(2)16-13-17-35(53)3)40-27-29-41-44-30-31-50-52(51(44)36(4)46(41)33-40)45-23-10-12-25-49(45)56-50/h5-11,13-17,19-24,26-33,36H,1,12,18,25H2,2-4H3/b21-14-,38-15+. The summed E-state index contributed by atoms with van der Waals surface area (Å²) in [5.41, 5.74) is 17.9. The Morgan fingerprint density at radius 1 is 0.821 bits per heavy atom. The third kappa shape index (κ3) is 5.52. The van der Waals surface area contributed by atoms with E-state index in [-0.39, 0.29) is 0 Å². The van der Waals surface area contributed by atoms with E-state index in [2.05, 4.69) is 189 Å². The van der Waals surface area contributed by atoms with Crippen molar-refractivity contribution in [2.45, 2.75) is 46.0 Å². The molecule has 0 aliphatic heterocycles. The van der Waals surface area contributed by atoms with Gasteiger partial charge in [-0.1, -0.05) is 117 Å². The Bertz CT molecular complexity index is 2930. The largest absolute Gasteiger partial charge is 0.310 e. The second kappa shape index (κ2) is 13.8. The fourth-order valence-electron chi connectivity index (χ4n) is 9.41. The Morgan fingerprint density at radius 3 is 2.45 bits per heavy atom. The molecule has 0 saturated heterocycles. The predicted octanol–water partition coefficient (Wildman–Crippen LogP) is 14.7. The molecule has 2 heterocycles. The summed E-state index contributed by atoms with van der Waals surface area (Å²) < 4.78 is 3.81. The molecule has 2 aromatic heterocycles. The summed E-state index contributed by atoms with van der Waals surface area (Å²) in [5, 5.41) is 4.01. The number of hydrogen-bond acceptors (Lipinski definition) is 2. The average Bonchev–Trinajstić information content (AvgIpc) is 3.86. The summed E-state index contributed by atoms with van der Waals surface area (Å²) in [6.07, 6.45) is 16.5. The van der Waals surface area contributed by atoms with Crippen LogP contribution in [0.4, 0.5) is 11.4 Å². The number of aryl methyl sites for hydroxylation is 3. The molecule has 2 aliphatic carbocycles. The maximum absolute atomic E-state index is 4.19. The zero-order valence-electron chi connectivity index (χ0n) is 32.2. The maximum Gasteiger partial charge on any atom is 0.0543 e. The van der Waals surface area contributed by atoms with E-state index in [9.17, 15) is 0 Å². The molecule has 272 valence electrons. The lowest BCUT2D eigenvalue weighted by Gasteiger charge is -2.30. The van der Waals surface area contributed by atoms with E-state index in [0.29, 0.717) is 5.92 Å². The fraction of sp³-hybridized carbons (Fsp3) is 0.132. The van der Waals surface area contributed by atoms with Crippen LogP contribution in [-0.4, -0.2) is 4.57 Å². The average molecular weight is 741 g/mol. The number of anilines is 2. The molecule has 1 atom stereocenters. The van der Waals surface area contributed by atoms with E-state index < -0.39 is 0 Å². The molecule has 56 heavy (non-hydrogen) atoms. The van der Waals surface area contributed by atoms with Crippen LogP contribution in [0.5, 0.6) is 0 Å². The number of hydrogen-bond donors (Lipinski definition) is 0. The quantitative estimate of drug-likeness (QED) is 0.141. The van der Waals surface area contributed by atoms with E-state index in [1.54, 1.807) is 0 Å². The summed E-state index contributed by atoms with van der Waals surface area (Å²) in [6, 6.07) is 44.8. The Labute approximate surface area is 333 Å². The number of nitrogens with zero attached hydrogens (tertiary/aromatic N) is 2. The van der Waals surface area contributed by atoms with Gasteiger partial charge in [0.25, 0.3) is 0 Å². The van der Waals surface area contributed by atoms with Crippen molar-refractivity contribution in [3.63, 3.8) is 0 Å². The Kier molecular flexibility index (Phi) is 8.49. The highest BCUT2D eigenvalue weighted by Crippen LogP contribution is 2.52. The molecule has 0 amide bonds. The first kappa shape index (κ1) is 34.3. The Hall–Kier alpha value is -6.16. The predicted molar refractivity (Wildman–Crippen MR) is 242 cm³/mol. The van der Waals surface area contributed by atoms with Gasteiger partial charge in [0.05, 0.1) is 16.7 Å². The number of benzene rings is 6. The van der Waals surface area contributed by atoms with Crippen LogP contribution in [0, 0.1) is 13.8 Å². The van der Waals surface area contributed by atoms with Gasteiger partial charge in [0.1, 0.15) is 0 Å². The maximum atomic E-state index is 4.19. The second-order valence-electron chi connectivity index (χ2n) is 15.3. The Balaban J connectivity index is 1.04. The van der Waals surface area contributed by atoms with Crippen molar-refractivity contribution in [3.8, 4) is 16.8 Å². The summed E-state index contributed by atoms with van der Waals surface area (Å²) in [4.78, 5) is 3.98. The van der Waals surface area contributed by atoms with Gasteiger partial charge in [-0.2, -0.15) is 0 Å². The zero-order chi connectivity index (χ0) is 37.9. The molecule has 3 heteroatoms. The highest BCUT2D eigenvalue weighted by Gasteiger charge is 2.31. The molecule has 2 nitrogen and oxygen atoms in total. The van der Waals surface area contributed by atoms with Gasteiger partial charge in [-0.25, -0.2) is 0 Å². The first-order valence-corrected chi connectivity index (χ1v) is 20.6. The molecular weight excluding hydrogens is 697 g/mol. The van der Waals surface area contributed by atoms with Gasteiger partial charge in [-0.3, -0.25) is 0 Å². The van der Waals surface area contributed by atoms with Crippen LogP contribution < -0.4 is 4.90 Å². The highest BCUT2D eigenvalue weighted by atomic mass is 32.1. The van der Waals surface area contributed by atoms with Crippen LogP contribution in [0.3, 0.4) is 0 Å². The van der Waals surface area contributed by atoms with Crippen LogP contribution >= 0.6 is 11.3 Å². The molecule has 2 aliphatic rings. The van der Waals surface area contributed by atoms with Crippen LogP contribution in [0.2, 0.25) is 0 Å². The minimum atomic E-state index is 0.293. The molecule has 0 N–H and O–H groups in total. The monoisotopic (exact) mass is 740 g/mol. The number of aromatic nitrogens is 1. The molecule has 10 rings (SSSR count). The van der Waals surface area contributed by atoms with Crippen molar-refractivity contribution in [3.05, 3.63) is 202 Å². The van der Waals surface area contributed by atoms with Crippen LogP contribution in [-0.2, 0) is 12.8 Å². The Morgan fingerprint density at radius 2 is 1.61 bits per heavy atom. The summed E-state index contributed by atoms with van der Waals surface area (Å²) in [5.74, 6) is 0.293. The summed E-state index contributed by atoms with van der Waals surface area (Å²) in [6.45, 7) is 11.0. The third-order valence-corrected chi connectivity index (χ3v) is 13.2. The number of para-hydroxylation sites is 3. The van der Waals surface area contributed by atoms with E-state index in [1.807, 2.05) is 17.4 Å². The molecular formula is C53H44N2S. The smallest absolute Gasteiger partial charge is 0.0543 e. The topological polar surface area (TPSA) is 8.17 Å². The van der Waals surface area contributed by atoms with Crippen molar-refractivity contribution in [2.75, 3.05) is 4.90 Å². The van der Waals surface area contributed by atoms with Crippen LogP contribution in [0.15, 0.2) is 164 Å². The first-order valence-electron chi connectivity index (χ1n) is 19.8. The van der Waals surface area contributed by atoms with Crippen molar-refractivity contribution in [1.29, 1.82) is 0 Å². The van der Waals surface area contributed by atoms with Gasteiger partial charge in [0.15, 0.2) is 0 Å². The van der Waals surface area contributed by atoms with Crippen LogP contribution in [0.1, 0.15) is 57.5 Å². The second-order valence-corrected chi connectivity index (χ2v) is 16.5. The molecule has 0 bridgehead atoms. The molecule has 0 saturated carbocycles. The molecule has 0 spiro atoms. The molecule has 8 aromatic rings. The minimum Gasteiger partial charge on any atom is -0.310 e. The van der Waals surface area contributed by atoms with Gasteiger partial charge in [-0.15, -0.1) is 11.3 Å². The SMILES string of the molecule is C=C/C=C(\C=C/Cc1ccc2c3ccccc3n(-c3ccccc3)c2c1)N(c1ccc2c(c1)C(C)c1c-2ccc2sc3c(c12)C=CCC3)c1c(C)cccc1C. The summed E-state index contributed by atoms with van der Waals surface area (Å²) >= 11 is 1.99. The number of fused-ring (bicyclic) bond motifs is 10. The minimum absolute atomic E-state index is 0.293. The van der Waals surface area contributed by atoms with Crippen LogP contribution in [0.25, 0.3) is 54.8 Å². The van der Waals surface area contributed by atoms with Crippen molar-refractivity contribution in [2.24, 2.45) is 0 Å². The van der Waals surface area contributed by atoms with E-state index in [4.69, 9.17) is 0 Å². The lowest BCUT2D eigenvalue weighted by molar-refractivity contribution is 0.963. The van der Waals surface area contributed by atoms with Crippen molar-refractivity contribution >= 4 is 60.7 Å². The van der Waals surface area contributed by atoms with E-state index in [0.717, 1.165) is 30.6 Å². The fourth-order valence-corrected chi connectivity index (χ4v) is 10.6. The number of rotatable bonds is 8. The first-order chi connectivity index (χ1) is 27.5. The van der Waals surface area contributed by atoms with Gasteiger partial charge in [0.2, 0.25) is 0 Å². The lowest BCUT2D eigenvalue weighted by atomic mass is 9.92. The molecule has 6 aromatic carbocycles. The van der Waals surface area contributed by atoms with E-state index >= 15 is 0 Å². The highest BCUT2D eigenvalue weighted by molar-refractivity contribution is 7.19. The summed E-state index contributed by atoms with van der Waals surface area (Å²) in [7, 11) is 0. The van der Waals surface area contributed by atoms with Gasteiger partial charge in [-0.05, 0) is 132 Å². The third-order valence-electron chi connectivity index (χ3n) is 11.9. The van der Waals surface area contributed by atoms with Gasteiger partial charge >= 0.3 is 0 Å². The van der Waals surface area contributed by atoms with Gasteiger partial charge in [0, 0.05) is 48.7 Å².